The lowest BCUT2D eigenvalue weighted by Gasteiger charge is -2.12. The van der Waals surface area contributed by atoms with Crippen LogP contribution in [0.1, 0.15) is 23.7 Å². The average Bonchev–Trinajstić information content (AvgIpc) is 3.04. The monoisotopic (exact) mass is 386 g/mol. The Balaban J connectivity index is 0.000000290. The smallest absolute Gasteiger partial charge is 0.0845 e. The zero-order chi connectivity index (χ0) is 19.1. The van der Waals surface area contributed by atoms with E-state index in [0.717, 1.165) is 17.0 Å². The Morgan fingerprint density at radius 2 is 1.77 bits per heavy atom. The number of hydrogen-bond acceptors (Lipinski definition) is 3. The maximum Gasteiger partial charge on any atom is 0.0845 e. The Morgan fingerprint density at radius 1 is 1.08 bits per heavy atom. The molecular weight excluding hydrogens is 367 g/mol. The second-order valence-electron chi connectivity index (χ2n) is 5.67. The number of rotatable bonds is 4. The van der Waals surface area contributed by atoms with Crippen LogP contribution in [0.3, 0.4) is 0 Å². The van der Waals surface area contributed by atoms with Crippen molar-refractivity contribution in [2.45, 2.75) is 13.8 Å². The first-order chi connectivity index (χ1) is 12.4. The standard InChI is InChI=1S/C14H13Cl2N3.C6H7N/c1-8(2)14-12(7-17-19-14)18-9(3)13-10(15)5-4-6-11(13)16;1-6-3-2-4-7-5-6/h4-7,18H,1,3H2,2H3,(H,17,19);2-5H,1H3. The minimum absolute atomic E-state index is 0.547. The fourth-order valence-corrected chi connectivity index (χ4v) is 2.79. The molecule has 2 heterocycles. The number of H-pyrrole nitrogens is 1. The maximum atomic E-state index is 6.14. The summed E-state index contributed by atoms with van der Waals surface area (Å²) in [5.41, 5.74) is 4.98. The largest absolute Gasteiger partial charge is 0.352 e. The summed E-state index contributed by atoms with van der Waals surface area (Å²) in [7, 11) is 0. The summed E-state index contributed by atoms with van der Waals surface area (Å²) in [6.45, 7) is 11.8. The Kier molecular flexibility index (Phi) is 7.01. The van der Waals surface area contributed by atoms with Crippen molar-refractivity contribution >= 4 is 40.2 Å². The van der Waals surface area contributed by atoms with Gasteiger partial charge in [-0.25, -0.2) is 0 Å². The number of benzene rings is 1. The molecule has 0 aliphatic carbocycles. The number of aromatic amines is 1. The van der Waals surface area contributed by atoms with Crippen LogP contribution in [0, 0.1) is 6.92 Å². The second-order valence-corrected chi connectivity index (χ2v) is 6.48. The number of pyridine rings is 1. The van der Waals surface area contributed by atoms with Crippen molar-refractivity contribution in [3.63, 3.8) is 0 Å². The van der Waals surface area contributed by atoms with E-state index in [9.17, 15) is 0 Å². The molecule has 0 spiro atoms. The molecule has 4 nitrogen and oxygen atoms in total. The molecule has 0 saturated carbocycles. The first-order valence-electron chi connectivity index (χ1n) is 7.86. The molecule has 0 bridgehead atoms. The Bertz CT molecular complexity index is 881. The van der Waals surface area contributed by atoms with E-state index in [-0.39, 0.29) is 0 Å². The van der Waals surface area contributed by atoms with E-state index >= 15 is 0 Å². The molecule has 26 heavy (non-hydrogen) atoms. The Morgan fingerprint density at radius 3 is 2.27 bits per heavy atom. The summed E-state index contributed by atoms with van der Waals surface area (Å²) in [5, 5.41) is 11.1. The van der Waals surface area contributed by atoms with Gasteiger partial charge in [-0.1, -0.05) is 48.5 Å². The summed E-state index contributed by atoms with van der Waals surface area (Å²) < 4.78 is 0. The number of anilines is 1. The van der Waals surface area contributed by atoms with Gasteiger partial charge in [0.1, 0.15) is 0 Å². The molecule has 1 aromatic carbocycles. The molecular formula is C20H20Cl2N4. The third-order valence-corrected chi connectivity index (χ3v) is 4.06. The van der Waals surface area contributed by atoms with Crippen molar-refractivity contribution in [1.82, 2.24) is 15.2 Å². The van der Waals surface area contributed by atoms with Crippen LogP contribution in [-0.2, 0) is 0 Å². The number of allylic oxidation sites excluding steroid dienone is 1. The van der Waals surface area contributed by atoms with Crippen molar-refractivity contribution in [2.24, 2.45) is 0 Å². The van der Waals surface area contributed by atoms with Crippen LogP contribution in [0.25, 0.3) is 11.3 Å². The Labute approximate surface area is 163 Å². The van der Waals surface area contributed by atoms with E-state index in [2.05, 4.69) is 33.7 Å². The highest BCUT2D eigenvalue weighted by molar-refractivity contribution is 6.37. The highest BCUT2D eigenvalue weighted by atomic mass is 35.5. The zero-order valence-corrected chi connectivity index (χ0v) is 16.2. The summed E-state index contributed by atoms with van der Waals surface area (Å²) in [4.78, 5) is 3.88. The van der Waals surface area contributed by atoms with E-state index in [1.54, 1.807) is 30.6 Å². The maximum absolute atomic E-state index is 6.14. The fraction of sp³-hybridized carbons (Fsp3) is 0.100. The summed E-state index contributed by atoms with van der Waals surface area (Å²) in [6.07, 6.45) is 5.27. The predicted molar refractivity (Wildman–Crippen MR) is 111 cm³/mol. The van der Waals surface area contributed by atoms with Gasteiger partial charge in [0, 0.05) is 23.7 Å². The van der Waals surface area contributed by atoms with Crippen molar-refractivity contribution in [1.29, 1.82) is 0 Å². The number of aromatic nitrogens is 3. The SMILES string of the molecule is C=C(C)c1[nH]ncc1NC(=C)c1c(Cl)cccc1Cl.Cc1cccnc1. The van der Waals surface area contributed by atoms with Crippen LogP contribution in [0.4, 0.5) is 5.69 Å². The van der Waals surface area contributed by atoms with Crippen molar-refractivity contribution < 1.29 is 0 Å². The summed E-state index contributed by atoms with van der Waals surface area (Å²) in [6, 6.07) is 9.27. The predicted octanol–water partition coefficient (Wildman–Crippen LogP) is 6.22. The topological polar surface area (TPSA) is 53.6 Å². The van der Waals surface area contributed by atoms with Gasteiger partial charge >= 0.3 is 0 Å². The third-order valence-electron chi connectivity index (χ3n) is 3.43. The third kappa shape index (κ3) is 5.22. The lowest BCUT2D eigenvalue weighted by atomic mass is 10.1. The summed E-state index contributed by atoms with van der Waals surface area (Å²) in [5.74, 6) is 0. The number of nitrogens with zero attached hydrogens (tertiary/aromatic N) is 2. The molecule has 6 heteroatoms. The first kappa shape index (κ1) is 19.8. The molecule has 3 rings (SSSR count). The van der Waals surface area contributed by atoms with Gasteiger partial charge in [0.05, 0.1) is 27.6 Å². The van der Waals surface area contributed by atoms with Gasteiger partial charge in [-0.05, 0) is 43.2 Å². The molecule has 0 aliphatic heterocycles. The van der Waals surface area contributed by atoms with Crippen molar-refractivity contribution in [2.75, 3.05) is 5.32 Å². The quantitative estimate of drug-likeness (QED) is 0.559. The first-order valence-corrected chi connectivity index (χ1v) is 8.62. The molecule has 2 aromatic heterocycles. The lowest BCUT2D eigenvalue weighted by Crippen LogP contribution is -2.00. The molecule has 2 N–H and O–H groups in total. The molecule has 0 aliphatic rings. The van der Waals surface area contributed by atoms with Gasteiger partial charge < -0.3 is 5.32 Å². The van der Waals surface area contributed by atoms with E-state index in [0.29, 0.717) is 21.3 Å². The van der Waals surface area contributed by atoms with Crippen LogP contribution in [0.5, 0.6) is 0 Å². The minimum Gasteiger partial charge on any atom is -0.352 e. The molecule has 0 unspecified atom stereocenters. The van der Waals surface area contributed by atoms with Gasteiger partial charge in [0.15, 0.2) is 0 Å². The van der Waals surface area contributed by atoms with Gasteiger partial charge in [0.2, 0.25) is 0 Å². The molecule has 0 fully saturated rings. The number of nitrogens with one attached hydrogen (secondary N) is 2. The van der Waals surface area contributed by atoms with E-state index < -0.39 is 0 Å². The highest BCUT2D eigenvalue weighted by Gasteiger charge is 2.12. The lowest BCUT2D eigenvalue weighted by molar-refractivity contribution is 1.07. The normalized spacial score (nSPS) is 9.85. The molecule has 0 radical (unpaired) electrons. The number of halogens is 2. The van der Waals surface area contributed by atoms with E-state index in [4.69, 9.17) is 23.2 Å². The highest BCUT2D eigenvalue weighted by Crippen LogP contribution is 2.32. The number of hydrogen-bond donors (Lipinski definition) is 2. The minimum atomic E-state index is 0.547. The molecule has 0 saturated heterocycles. The molecule has 0 atom stereocenters. The summed E-state index contributed by atoms with van der Waals surface area (Å²) >= 11 is 12.3. The van der Waals surface area contributed by atoms with Crippen LogP contribution in [0.15, 0.2) is 62.1 Å². The van der Waals surface area contributed by atoms with Crippen LogP contribution in [-0.4, -0.2) is 15.2 Å². The van der Waals surface area contributed by atoms with Gasteiger partial charge in [-0.3, -0.25) is 10.1 Å². The van der Waals surface area contributed by atoms with E-state index in [1.165, 1.54) is 5.56 Å². The zero-order valence-electron chi connectivity index (χ0n) is 14.7. The molecule has 0 amide bonds. The van der Waals surface area contributed by atoms with Crippen molar-refractivity contribution in [3.05, 3.63) is 88.9 Å². The fourth-order valence-electron chi connectivity index (χ4n) is 2.17. The van der Waals surface area contributed by atoms with E-state index in [1.807, 2.05) is 32.2 Å². The Hall–Kier alpha value is -2.56. The van der Waals surface area contributed by atoms with Crippen LogP contribution >= 0.6 is 23.2 Å². The van der Waals surface area contributed by atoms with Crippen molar-refractivity contribution in [3.8, 4) is 0 Å². The van der Waals surface area contributed by atoms with Crippen LogP contribution in [0.2, 0.25) is 10.0 Å². The van der Waals surface area contributed by atoms with Gasteiger partial charge in [-0.15, -0.1) is 0 Å². The van der Waals surface area contributed by atoms with Crippen LogP contribution < -0.4 is 5.32 Å². The molecule has 134 valence electrons. The van der Waals surface area contributed by atoms with Gasteiger partial charge in [-0.2, -0.15) is 5.10 Å². The van der Waals surface area contributed by atoms with Gasteiger partial charge in [0.25, 0.3) is 0 Å². The average molecular weight is 387 g/mol. The number of aryl methyl sites for hydroxylation is 1. The molecule has 3 aromatic rings. The second kappa shape index (κ2) is 9.22.